The van der Waals surface area contributed by atoms with Crippen molar-refractivity contribution in [3.05, 3.63) is 16.0 Å². The van der Waals surface area contributed by atoms with Crippen LogP contribution < -0.4 is 5.32 Å². The van der Waals surface area contributed by atoms with E-state index in [-0.39, 0.29) is 5.97 Å². The number of unbranched alkanes of at least 4 members (excludes halogenated alkanes) is 6. The maximum atomic E-state index is 12.2. The molecule has 0 saturated heterocycles. The van der Waals surface area contributed by atoms with Gasteiger partial charge in [0, 0.05) is 18.0 Å². The molecule has 27 heavy (non-hydrogen) atoms. The van der Waals surface area contributed by atoms with Crippen molar-refractivity contribution in [1.82, 2.24) is 4.90 Å². The number of rotatable bonds is 12. The molecule has 0 aromatic carbocycles. The molecule has 1 rings (SSSR count). The number of hydrogen-bond donors (Lipinski definition) is 1. The third-order valence-corrected chi connectivity index (χ3v) is 6.33. The Morgan fingerprint density at radius 2 is 1.59 bits per heavy atom. The summed E-state index contributed by atoms with van der Waals surface area (Å²) >= 11 is 7.29. The number of nitrogens with zero attached hydrogens (tertiary/aromatic N) is 1. The number of hydrogen-bond acceptors (Lipinski definition) is 4. The number of nitrogens with one attached hydrogen (secondary N) is 1. The van der Waals surface area contributed by atoms with E-state index in [1.807, 2.05) is 13.8 Å². The Balaban J connectivity index is 2.81. The van der Waals surface area contributed by atoms with Gasteiger partial charge in [-0.05, 0) is 44.5 Å². The zero-order valence-corrected chi connectivity index (χ0v) is 19.3. The van der Waals surface area contributed by atoms with E-state index in [4.69, 9.17) is 17.0 Å². The van der Waals surface area contributed by atoms with Crippen LogP contribution in [0.15, 0.2) is 0 Å². The molecule has 0 aliphatic rings. The van der Waals surface area contributed by atoms with Gasteiger partial charge in [0.2, 0.25) is 0 Å². The molecule has 0 fully saturated rings. The summed E-state index contributed by atoms with van der Waals surface area (Å²) in [5.74, 6) is -0.306. The molecule has 154 valence electrons. The van der Waals surface area contributed by atoms with E-state index < -0.39 is 0 Å². The van der Waals surface area contributed by atoms with Gasteiger partial charge in [0.05, 0.1) is 12.7 Å². The van der Waals surface area contributed by atoms with Crippen molar-refractivity contribution in [3.63, 3.8) is 0 Å². The van der Waals surface area contributed by atoms with Crippen molar-refractivity contribution >= 4 is 39.6 Å². The van der Waals surface area contributed by atoms with Crippen LogP contribution in [0.2, 0.25) is 0 Å². The van der Waals surface area contributed by atoms with Gasteiger partial charge < -0.3 is 15.0 Å². The van der Waals surface area contributed by atoms with E-state index >= 15 is 0 Å². The van der Waals surface area contributed by atoms with Gasteiger partial charge in [-0.3, -0.25) is 0 Å². The molecular formula is C21H36N2O2S2. The van der Waals surface area contributed by atoms with Crippen LogP contribution in [0.5, 0.6) is 0 Å². The van der Waals surface area contributed by atoms with Gasteiger partial charge in [-0.25, -0.2) is 4.79 Å². The summed E-state index contributed by atoms with van der Waals surface area (Å²) in [5, 5.41) is 4.86. The van der Waals surface area contributed by atoms with E-state index in [2.05, 4.69) is 24.1 Å². The molecule has 6 heteroatoms. The summed E-state index contributed by atoms with van der Waals surface area (Å²) in [6.45, 7) is 10.4. The minimum Gasteiger partial charge on any atom is -0.465 e. The Kier molecular flexibility index (Phi) is 11.6. The summed E-state index contributed by atoms with van der Waals surface area (Å²) < 4.78 is 4.97. The number of methoxy groups -OCH3 is 1. The van der Waals surface area contributed by atoms with Gasteiger partial charge in [-0.15, -0.1) is 11.3 Å². The molecule has 1 aromatic rings. The zero-order valence-electron chi connectivity index (χ0n) is 17.7. The predicted molar refractivity (Wildman–Crippen MR) is 121 cm³/mol. The smallest absolute Gasteiger partial charge is 0.341 e. The minimum absolute atomic E-state index is 0.306. The second-order valence-electron chi connectivity index (χ2n) is 7.02. The predicted octanol–water partition coefficient (Wildman–Crippen LogP) is 6.31. The number of carbonyl (C=O) groups is 1. The summed E-state index contributed by atoms with van der Waals surface area (Å²) in [4.78, 5) is 15.6. The fraction of sp³-hybridized carbons (Fsp3) is 0.714. The number of aryl methyl sites for hydroxylation is 1. The molecule has 0 amide bonds. The van der Waals surface area contributed by atoms with Gasteiger partial charge >= 0.3 is 5.97 Å². The molecule has 0 atom stereocenters. The maximum absolute atomic E-state index is 12.2. The van der Waals surface area contributed by atoms with Crippen molar-refractivity contribution in [3.8, 4) is 0 Å². The van der Waals surface area contributed by atoms with Crippen LogP contribution in [0, 0.1) is 13.8 Å². The molecule has 1 aromatic heterocycles. The Labute approximate surface area is 174 Å². The monoisotopic (exact) mass is 412 g/mol. The van der Waals surface area contributed by atoms with Crippen molar-refractivity contribution in [2.45, 2.75) is 79.1 Å². The van der Waals surface area contributed by atoms with Crippen molar-refractivity contribution < 1.29 is 9.53 Å². The highest BCUT2D eigenvalue weighted by Gasteiger charge is 2.22. The van der Waals surface area contributed by atoms with Crippen LogP contribution in [-0.2, 0) is 4.74 Å². The molecule has 0 spiro atoms. The lowest BCUT2D eigenvalue weighted by Crippen LogP contribution is -2.36. The fourth-order valence-corrected chi connectivity index (χ4v) is 4.41. The van der Waals surface area contributed by atoms with Gasteiger partial charge in [0.15, 0.2) is 5.11 Å². The molecule has 0 unspecified atom stereocenters. The number of anilines is 1. The second kappa shape index (κ2) is 13.1. The Morgan fingerprint density at radius 1 is 1.04 bits per heavy atom. The standard InChI is InChI=1S/C21H36N2O2S2/c1-6-8-10-12-14-23(15-13-11-9-7-2)21(26)22-19-18(20(24)25-5)16(3)17(4)27-19/h6-15H2,1-5H3,(H,22,26). The first-order valence-electron chi connectivity index (χ1n) is 10.2. The third-order valence-electron chi connectivity index (χ3n) is 4.85. The normalized spacial score (nSPS) is 10.7. The second-order valence-corrected chi connectivity index (χ2v) is 8.63. The lowest BCUT2D eigenvalue weighted by Gasteiger charge is -2.26. The van der Waals surface area contributed by atoms with E-state index in [0.717, 1.165) is 46.5 Å². The SMILES string of the molecule is CCCCCCN(CCCCCC)C(=S)Nc1sc(C)c(C)c1C(=O)OC. The van der Waals surface area contributed by atoms with Gasteiger partial charge in [-0.1, -0.05) is 52.4 Å². The Morgan fingerprint density at radius 3 is 2.07 bits per heavy atom. The third kappa shape index (κ3) is 7.78. The summed E-state index contributed by atoms with van der Waals surface area (Å²) in [6.07, 6.45) is 9.75. The molecule has 0 bridgehead atoms. The quantitative estimate of drug-likeness (QED) is 0.247. The van der Waals surface area contributed by atoms with E-state index in [1.54, 1.807) is 11.3 Å². The largest absolute Gasteiger partial charge is 0.465 e. The number of thiophene rings is 1. The topological polar surface area (TPSA) is 41.6 Å². The zero-order chi connectivity index (χ0) is 20.2. The van der Waals surface area contributed by atoms with Crippen LogP contribution >= 0.6 is 23.6 Å². The van der Waals surface area contributed by atoms with E-state index in [0.29, 0.717) is 5.56 Å². The summed E-state index contributed by atoms with van der Waals surface area (Å²) in [7, 11) is 1.42. The van der Waals surface area contributed by atoms with Crippen LogP contribution in [0.25, 0.3) is 0 Å². The van der Waals surface area contributed by atoms with Crippen LogP contribution in [0.3, 0.4) is 0 Å². The van der Waals surface area contributed by atoms with E-state index in [1.165, 1.54) is 45.6 Å². The highest BCUT2D eigenvalue weighted by Crippen LogP contribution is 2.33. The number of esters is 1. The fourth-order valence-electron chi connectivity index (χ4n) is 3.01. The first-order chi connectivity index (χ1) is 13.0. The molecule has 0 aliphatic heterocycles. The molecular weight excluding hydrogens is 376 g/mol. The number of ether oxygens (including phenoxy) is 1. The van der Waals surface area contributed by atoms with Crippen LogP contribution in [0.4, 0.5) is 5.00 Å². The van der Waals surface area contributed by atoms with Crippen LogP contribution in [0.1, 0.15) is 86.0 Å². The van der Waals surface area contributed by atoms with Gasteiger partial charge in [0.1, 0.15) is 5.00 Å². The van der Waals surface area contributed by atoms with Crippen molar-refractivity contribution in [1.29, 1.82) is 0 Å². The molecule has 1 N–H and O–H groups in total. The molecule has 0 saturated carbocycles. The highest BCUT2D eigenvalue weighted by molar-refractivity contribution is 7.80. The average molecular weight is 413 g/mol. The Bertz CT molecular complexity index is 587. The van der Waals surface area contributed by atoms with Crippen LogP contribution in [-0.4, -0.2) is 36.2 Å². The first-order valence-corrected chi connectivity index (χ1v) is 11.4. The summed E-state index contributed by atoms with van der Waals surface area (Å²) in [6, 6.07) is 0. The molecule has 4 nitrogen and oxygen atoms in total. The Hall–Kier alpha value is -1.14. The van der Waals surface area contributed by atoms with Gasteiger partial charge in [-0.2, -0.15) is 0 Å². The first kappa shape index (κ1) is 23.9. The van der Waals surface area contributed by atoms with Crippen molar-refractivity contribution in [2.24, 2.45) is 0 Å². The summed E-state index contributed by atoms with van der Waals surface area (Å²) in [5.41, 5.74) is 1.58. The average Bonchev–Trinajstić information content (AvgIpc) is 2.93. The van der Waals surface area contributed by atoms with Crippen molar-refractivity contribution in [2.75, 3.05) is 25.5 Å². The number of thiocarbonyl (C=S) groups is 1. The van der Waals surface area contributed by atoms with E-state index in [9.17, 15) is 4.79 Å². The number of carbonyl (C=O) groups excluding carboxylic acids is 1. The molecule has 0 aliphatic carbocycles. The minimum atomic E-state index is -0.306. The van der Waals surface area contributed by atoms with Gasteiger partial charge in [0.25, 0.3) is 0 Å². The molecule has 1 heterocycles. The lowest BCUT2D eigenvalue weighted by atomic mass is 10.1. The maximum Gasteiger partial charge on any atom is 0.341 e. The lowest BCUT2D eigenvalue weighted by molar-refractivity contribution is 0.0601. The molecule has 0 radical (unpaired) electrons. The highest BCUT2D eigenvalue weighted by atomic mass is 32.1.